The van der Waals surface area contributed by atoms with E-state index in [4.69, 9.17) is 26.2 Å². The van der Waals surface area contributed by atoms with E-state index >= 15 is 0 Å². The molecule has 2 heterocycles. The van der Waals surface area contributed by atoms with Crippen molar-refractivity contribution in [3.05, 3.63) is 94.9 Å². The summed E-state index contributed by atoms with van der Waals surface area (Å²) in [4.78, 5) is 27.6. The third kappa shape index (κ3) is 8.11. The Balaban J connectivity index is 1.26. The molecule has 0 aliphatic carbocycles. The zero-order valence-corrected chi connectivity index (χ0v) is 25.3. The molecule has 3 aromatic rings. The smallest absolute Gasteiger partial charge is 0.253 e. The Hall–Kier alpha value is -3.88. The first-order valence-electron chi connectivity index (χ1n) is 14.3. The molecule has 2 amide bonds. The number of hydrogen-bond donors (Lipinski definition) is 1. The summed E-state index contributed by atoms with van der Waals surface area (Å²) in [5.41, 5.74) is 3.11. The topological polar surface area (TPSA) is 85.7 Å². The van der Waals surface area contributed by atoms with Crippen LogP contribution in [0.5, 0.6) is 5.75 Å². The van der Waals surface area contributed by atoms with Crippen LogP contribution in [0.25, 0.3) is 10.9 Å². The number of fused-ring (bicyclic) bond motifs is 1. The lowest BCUT2D eigenvalue weighted by atomic mass is 9.93. The highest BCUT2D eigenvalue weighted by molar-refractivity contribution is 6.31. The molecule has 8 nitrogen and oxygen atoms in total. The first kappa shape index (κ1) is 31.1. The van der Waals surface area contributed by atoms with Crippen LogP contribution in [0.4, 0.5) is 0 Å². The van der Waals surface area contributed by atoms with Crippen LogP contribution in [0.1, 0.15) is 52.5 Å². The number of nitrogens with zero attached hydrogens (tertiary/aromatic N) is 3. The second-order valence-electron chi connectivity index (χ2n) is 10.4. The minimum atomic E-state index is -0.102. The van der Waals surface area contributed by atoms with E-state index in [0.29, 0.717) is 46.7 Å². The molecule has 222 valence electrons. The Morgan fingerprint density at radius 2 is 1.88 bits per heavy atom. The number of amides is 2. The summed E-state index contributed by atoms with van der Waals surface area (Å²) < 4.78 is 12.7. The van der Waals surface area contributed by atoms with Crippen LogP contribution in [0.2, 0.25) is 0 Å². The maximum atomic E-state index is 13.1. The van der Waals surface area contributed by atoms with Crippen LogP contribution >= 0.6 is 11.6 Å². The van der Waals surface area contributed by atoms with Gasteiger partial charge in [0.1, 0.15) is 11.5 Å². The number of ether oxygens (including phenoxy) is 2. The van der Waals surface area contributed by atoms with Crippen molar-refractivity contribution in [3.63, 3.8) is 0 Å². The quantitative estimate of drug-likeness (QED) is 0.153. The van der Waals surface area contributed by atoms with Crippen molar-refractivity contribution in [2.24, 2.45) is 5.92 Å². The number of methoxy groups -OCH3 is 1. The molecule has 4 rings (SSSR count). The minimum absolute atomic E-state index is 0.0365. The Bertz CT molecular complexity index is 1470. The molecule has 0 bridgehead atoms. The summed E-state index contributed by atoms with van der Waals surface area (Å²) >= 11 is 5.96. The van der Waals surface area contributed by atoms with E-state index in [1.165, 1.54) is 0 Å². The van der Waals surface area contributed by atoms with Crippen LogP contribution in [0, 0.1) is 12.8 Å². The van der Waals surface area contributed by atoms with E-state index in [-0.39, 0.29) is 11.8 Å². The predicted octanol–water partition coefficient (Wildman–Crippen LogP) is 6.25. The van der Waals surface area contributed by atoms with E-state index in [2.05, 4.69) is 11.9 Å². The highest BCUT2D eigenvalue weighted by atomic mass is 35.5. The van der Waals surface area contributed by atoms with Gasteiger partial charge in [-0.3, -0.25) is 14.3 Å². The van der Waals surface area contributed by atoms with Gasteiger partial charge >= 0.3 is 0 Å². The van der Waals surface area contributed by atoms with Crippen molar-refractivity contribution in [2.75, 3.05) is 33.4 Å². The summed E-state index contributed by atoms with van der Waals surface area (Å²) in [6.07, 6.45) is 10.1. The van der Waals surface area contributed by atoms with E-state index in [9.17, 15) is 9.59 Å². The van der Waals surface area contributed by atoms with Crippen LogP contribution in [0.15, 0.2) is 78.2 Å². The highest BCUT2D eigenvalue weighted by Crippen LogP contribution is 2.25. The SMILES string of the molecule is C=C(/C=C\C(Cl)=C/C)Oc1ccc(C(=O)N2CCC(CCn3cc4c(C)c(C(=O)NCCOC)ccc4n3)CC2)cc1. The first-order valence-corrected chi connectivity index (χ1v) is 14.7. The fourth-order valence-corrected chi connectivity index (χ4v) is 5.11. The van der Waals surface area contributed by atoms with Crippen LogP contribution in [0.3, 0.4) is 0 Å². The number of nitrogens with one attached hydrogen (secondary N) is 1. The van der Waals surface area contributed by atoms with E-state index < -0.39 is 0 Å². The van der Waals surface area contributed by atoms with Crippen LogP contribution < -0.4 is 10.1 Å². The molecule has 1 fully saturated rings. The summed E-state index contributed by atoms with van der Waals surface area (Å²) in [6, 6.07) is 10.9. The lowest BCUT2D eigenvalue weighted by molar-refractivity contribution is 0.0684. The molecule has 1 aliphatic heterocycles. The largest absolute Gasteiger partial charge is 0.458 e. The first-order chi connectivity index (χ1) is 20.3. The summed E-state index contributed by atoms with van der Waals surface area (Å²) in [5.74, 6) is 1.53. The van der Waals surface area contributed by atoms with Gasteiger partial charge in [-0.1, -0.05) is 24.3 Å². The van der Waals surface area contributed by atoms with Crippen molar-refractivity contribution in [2.45, 2.75) is 39.7 Å². The standard InChI is InChI=1S/C33H39ClN4O4/c1-5-27(34)9-6-23(2)42-28-10-7-26(8-11-28)33(40)37-18-14-25(15-19-37)16-20-38-22-30-24(3)29(12-13-31(30)36-38)32(39)35-17-21-41-4/h5-13,22,25H,2,14-21H2,1,3-4H3,(H,35,39)/b9-6-,27-5+. The zero-order chi connectivity index (χ0) is 30.1. The number of hydrogen-bond acceptors (Lipinski definition) is 5. The second kappa shape index (κ2) is 14.8. The third-order valence-corrected chi connectivity index (χ3v) is 7.91. The normalized spacial score (nSPS) is 14.5. The molecular weight excluding hydrogens is 552 g/mol. The Labute approximate surface area is 252 Å². The average Bonchev–Trinajstić information content (AvgIpc) is 3.43. The van der Waals surface area contributed by atoms with Crippen molar-refractivity contribution < 1.29 is 19.1 Å². The molecule has 1 N–H and O–H groups in total. The van der Waals surface area contributed by atoms with Gasteiger partial charge in [0, 0.05) is 61.0 Å². The maximum absolute atomic E-state index is 13.1. The molecular formula is C33H39ClN4O4. The van der Waals surface area contributed by atoms with Crippen molar-refractivity contribution >= 4 is 34.3 Å². The molecule has 1 aromatic heterocycles. The van der Waals surface area contributed by atoms with Gasteiger partial charge in [0.05, 0.1) is 12.1 Å². The number of allylic oxidation sites excluding steroid dienone is 4. The molecule has 42 heavy (non-hydrogen) atoms. The fourth-order valence-electron chi connectivity index (χ4n) is 5.04. The van der Waals surface area contributed by atoms with Gasteiger partial charge < -0.3 is 19.7 Å². The molecule has 0 radical (unpaired) electrons. The second-order valence-corrected chi connectivity index (χ2v) is 10.9. The van der Waals surface area contributed by atoms with Crippen LogP contribution in [-0.2, 0) is 11.3 Å². The molecule has 1 aliphatic rings. The van der Waals surface area contributed by atoms with Gasteiger partial charge in [-0.2, -0.15) is 5.10 Å². The van der Waals surface area contributed by atoms with Gasteiger partial charge in [-0.05, 0) is 93.1 Å². The maximum Gasteiger partial charge on any atom is 0.253 e. The highest BCUT2D eigenvalue weighted by Gasteiger charge is 2.24. The van der Waals surface area contributed by atoms with E-state index in [0.717, 1.165) is 55.4 Å². The van der Waals surface area contributed by atoms with Crippen molar-refractivity contribution in [3.8, 4) is 5.75 Å². The van der Waals surface area contributed by atoms with Gasteiger partial charge in [0.25, 0.3) is 11.8 Å². The predicted molar refractivity (Wildman–Crippen MR) is 167 cm³/mol. The summed E-state index contributed by atoms with van der Waals surface area (Å²) in [6.45, 7) is 10.9. The summed E-state index contributed by atoms with van der Waals surface area (Å²) in [7, 11) is 1.61. The minimum Gasteiger partial charge on any atom is -0.458 e. The lowest BCUT2D eigenvalue weighted by Crippen LogP contribution is -2.38. The molecule has 1 saturated heterocycles. The number of piperidine rings is 1. The molecule has 0 unspecified atom stereocenters. The van der Waals surface area contributed by atoms with Crippen molar-refractivity contribution in [1.29, 1.82) is 0 Å². The molecule has 2 aromatic carbocycles. The van der Waals surface area contributed by atoms with Crippen molar-refractivity contribution in [1.82, 2.24) is 20.0 Å². The Morgan fingerprint density at radius 3 is 2.57 bits per heavy atom. The number of benzene rings is 2. The number of aryl methyl sites for hydroxylation is 2. The van der Waals surface area contributed by atoms with E-state index in [1.807, 2.05) is 41.8 Å². The number of rotatable bonds is 12. The van der Waals surface area contributed by atoms with Gasteiger partial charge in [0.2, 0.25) is 0 Å². The molecule has 0 saturated carbocycles. The van der Waals surface area contributed by atoms with Gasteiger partial charge in [0.15, 0.2) is 0 Å². The number of carbonyl (C=O) groups excluding carboxylic acids is 2. The molecule has 9 heteroatoms. The summed E-state index contributed by atoms with van der Waals surface area (Å²) in [5, 5.41) is 9.21. The Kier molecular flexibility index (Phi) is 11.0. The lowest BCUT2D eigenvalue weighted by Gasteiger charge is -2.32. The van der Waals surface area contributed by atoms with Crippen LogP contribution in [-0.4, -0.2) is 59.8 Å². The number of halogens is 1. The third-order valence-electron chi connectivity index (χ3n) is 7.57. The van der Waals surface area contributed by atoms with Gasteiger partial charge in [-0.15, -0.1) is 0 Å². The number of likely N-dealkylation sites (tertiary alicyclic amines) is 1. The average molecular weight is 591 g/mol. The zero-order valence-electron chi connectivity index (χ0n) is 24.6. The Morgan fingerprint density at radius 1 is 1.14 bits per heavy atom. The number of carbonyl (C=O) groups is 2. The van der Waals surface area contributed by atoms with E-state index in [1.54, 1.807) is 49.6 Å². The number of aromatic nitrogens is 2. The monoisotopic (exact) mass is 590 g/mol. The van der Waals surface area contributed by atoms with Gasteiger partial charge in [-0.25, -0.2) is 0 Å². The molecule has 0 spiro atoms. The molecule has 0 atom stereocenters. The fraction of sp³-hybridized carbons (Fsp3) is 0.364.